The Hall–Kier alpha value is -1.03. The first kappa shape index (κ1) is 15.0. The van der Waals surface area contributed by atoms with E-state index in [-0.39, 0.29) is 12.5 Å². The van der Waals surface area contributed by atoms with Gasteiger partial charge in [0.05, 0.1) is 0 Å². The summed E-state index contributed by atoms with van der Waals surface area (Å²) >= 11 is 0. The summed E-state index contributed by atoms with van der Waals surface area (Å²) in [7, 11) is 0. The predicted molar refractivity (Wildman–Crippen MR) is 67.6 cm³/mol. The number of rotatable bonds is 5. The second kappa shape index (κ2) is 6.23. The number of hydrogen-bond donors (Lipinski definition) is 1. The van der Waals surface area contributed by atoms with Gasteiger partial charge in [0.25, 0.3) is 0 Å². The quantitative estimate of drug-likeness (QED) is 0.777. The van der Waals surface area contributed by atoms with Crippen molar-refractivity contribution in [3.8, 4) is 0 Å². The van der Waals surface area contributed by atoms with Crippen LogP contribution in [0.4, 0.5) is 13.2 Å². The third kappa shape index (κ3) is 5.08. The Morgan fingerprint density at radius 3 is 2.39 bits per heavy atom. The average Bonchev–Trinajstić information content (AvgIpc) is 2.26. The molecular weight excluding hydrogens is 239 g/mol. The molecule has 0 aliphatic rings. The Kier molecular flexibility index (Phi) is 5.20. The zero-order chi connectivity index (χ0) is 13.8. The maximum atomic E-state index is 12.0. The SMILES string of the molecule is Cc1ccc(C(C)NCCCC(F)(F)F)cc1C. The van der Waals surface area contributed by atoms with Gasteiger partial charge in [0.1, 0.15) is 0 Å². The maximum Gasteiger partial charge on any atom is 0.389 e. The topological polar surface area (TPSA) is 12.0 Å². The number of alkyl halides is 3. The standard InChI is InChI=1S/C14H20F3N/c1-10-5-6-13(9-11(10)2)12(3)18-8-4-7-14(15,16)17/h5-6,9,12,18H,4,7-8H2,1-3H3. The molecule has 0 heterocycles. The van der Waals surface area contributed by atoms with Gasteiger partial charge in [-0.3, -0.25) is 0 Å². The lowest BCUT2D eigenvalue weighted by molar-refractivity contribution is -0.135. The summed E-state index contributed by atoms with van der Waals surface area (Å²) in [5.74, 6) is 0. The molecule has 1 aromatic rings. The van der Waals surface area contributed by atoms with E-state index in [1.54, 1.807) is 0 Å². The Morgan fingerprint density at radius 2 is 1.83 bits per heavy atom. The molecule has 0 aromatic heterocycles. The molecule has 1 atom stereocenters. The number of aryl methyl sites for hydroxylation is 2. The molecule has 1 N–H and O–H groups in total. The van der Waals surface area contributed by atoms with Crippen molar-refractivity contribution in [3.63, 3.8) is 0 Å². The van der Waals surface area contributed by atoms with E-state index in [2.05, 4.69) is 11.4 Å². The molecule has 1 unspecified atom stereocenters. The van der Waals surface area contributed by atoms with Gasteiger partial charge >= 0.3 is 6.18 Å². The minimum atomic E-state index is -4.05. The lowest BCUT2D eigenvalue weighted by Crippen LogP contribution is -2.21. The van der Waals surface area contributed by atoms with E-state index in [1.807, 2.05) is 32.9 Å². The van der Waals surface area contributed by atoms with Gasteiger partial charge in [-0.2, -0.15) is 13.2 Å². The Balaban J connectivity index is 2.41. The van der Waals surface area contributed by atoms with Crippen LogP contribution >= 0.6 is 0 Å². The first-order chi connectivity index (χ1) is 8.29. The van der Waals surface area contributed by atoms with Crippen LogP contribution in [0.25, 0.3) is 0 Å². The van der Waals surface area contributed by atoms with Crippen LogP contribution in [0.1, 0.15) is 42.5 Å². The second-order valence-corrected chi connectivity index (χ2v) is 4.74. The molecule has 0 fully saturated rings. The van der Waals surface area contributed by atoms with Crippen molar-refractivity contribution >= 4 is 0 Å². The zero-order valence-electron chi connectivity index (χ0n) is 11.1. The van der Waals surface area contributed by atoms with Crippen molar-refractivity contribution in [1.29, 1.82) is 0 Å². The highest BCUT2D eigenvalue weighted by Crippen LogP contribution is 2.21. The molecule has 0 saturated carbocycles. The van der Waals surface area contributed by atoms with E-state index in [0.29, 0.717) is 6.54 Å². The first-order valence-electron chi connectivity index (χ1n) is 6.17. The summed E-state index contributed by atoms with van der Waals surface area (Å²) in [6.07, 6.45) is -4.65. The normalized spacial score (nSPS) is 13.7. The molecule has 1 aromatic carbocycles. The van der Waals surface area contributed by atoms with Crippen LogP contribution in [0, 0.1) is 13.8 Å². The highest BCUT2D eigenvalue weighted by atomic mass is 19.4. The van der Waals surface area contributed by atoms with Crippen molar-refractivity contribution in [2.45, 2.75) is 45.8 Å². The van der Waals surface area contributed by atoms with Crippen molar-refractivity contribution < 1.29 is 13.2 Å². The molecule has 0 aliphatic carbocycles. The molecule has 102 valence electrons. The van der Waals surface area contributed by atoms with Crippen molar-refractivity contribution in [1.82, 2.24) is 5.32 Å². The van der Waals surface area contributed by atoms with Gasteiger partial charge in [0, 0.05) is 12.5 Å². The van der Waals surface area contributed by atoms with Gasteiger partial charge < -0.3 is 5.32 Å². The fraction of sp³-hybridized carbons (Fsp3) is 0.571. The van der Waals surface area contributed by atoms with Crippen LogP contribution in [0.15, 0.2) is 18.2 Å². The average molecular weight is 259 g/mol. The summed E-state index contributed by atoms with van der Waals surface area (Å²) < 4.78 is 35.9. The van der Waals surface area contributed by atoms with Crippen LogP contribution in [-0.4, -0.2) is 12.7 Å². The second-order valence-electron chi connectivity index (χ2n) is 4.74. The predicted octanol–water partition coefficient (Wildman–Crippen LogP) is 4.30. The van der Waals surface area contributed by atoms with E-state index in [4.69, 9.17) is 0 Å². The van der Waals surface area contributed by atoms with E-state index in [0.717, 1.165) is 5.56 Å². The van der Waals surface area contributed by atoms with Gasteiger partial charge in [-0.25, -0.2) is 0 Å². The molecule has 0 aliphatic heterocycles. The molecule has 0 saturated heterocycles. The molecule has 1 rings (SSSR count). The maximum absolute atomic E-state index is 12.0. The molecule has 0 amide bonds. The van der Waals surface area contributed by atoms with Gasteiger partial charge in [-0.05, 0) is 50.4 Å². The van der Waals surface area contributed by atoms with Gasteiger partial charge in [0.15, 0.2) is 0 Å². The summed E-state index contributed by atoms with van der Waals surface area (Å²) in [6, 6.07) is 6.22. The molecule has 1 nitrogen and oxygen atoms in total. The fourth-order valence-electron chi connectivity index (χ4n) is 1.76. The van der Waals surface area contributed by atoms with E-state index in [9.17, 15) is 13.2 Å². The third-order valence-electron chi connectivity index (χ3n) is 3.12. The van der Waals surface area contributed by atoms with Gasteiger partial charge in [0.2, 0.25) is 0 Å². The third-order valence-corrected chi connectivity index (χ3v) is 3.12. The molecule has 4 heteroatoms. The Morgan fingerprint density at radius 1 is 1.17 bits per heavy atom. The monoisotopic (exact) mass is 259 g/mol. The summed E-state index contributed by atoms with van der Waals surface area (Å²) in [4.78, 5) is 0. The van der Waals surface area contributed by atoms with Crippen LogP contribution in [0.5, 0.6) is 0 Å². The highest BCUT2D eigenvalue weighted by Gasteiger charge is 2.25. The molecule has 18 heavy (non-hydrogen) atoms. The van der Waals surface area contributed by atoms with Crippen molar-refractivity contribution in [3.05, 3.63) is 34.9 Å². The zero-order valence-corrected chi connectivity index (χ0v) is 11.1. The summed E-state index contributed by atoms with van der Waals surface area (Å²) in [6.45, 7) is 6.43. The minimum absolute atomic E-state index is 0.0810. The van der Waals surface area contributed by atoms with Crippen LogP contribution in [0.2, 0.25) is 0 Å². The number of benzene rings is 1. The summed E-state index contributed by atoms with van der Waals surface area (Å²) in [5.41, 5.74) is 3.55. The first-order valence-corrected chi connectivity index (χ1v) is 6.17. The van der Waals surface area contributed by atoms with Crippen LogP contribution in [0.3, 0.4) is 0 Å². The largest absolute Gasteiger partial charge is 0.389 e. The van der Waals surface area contributed by atoms with Crippen LogP contribution in [-0.2, 0) is 0 Å². The number of nitrogens with one attached hydrogen (secondary N) is 1. The van der Waals surface area contributed by atoms with E-state index >= 15 is 0 Å². The van der Waals surface area contributed by atoms with Gasteiger partial charge in [-0.1, -0.05) is 18.2 Å². The molecular formula is C14H20F3N. The minimum Gasteiger partial charge on any atom is -0.310 e. The fourth-order valence-corrected chi connectivity index (χ4v) is 1.76. The smallest absolute Gasteiger partial charge is 0.310 e. The van der Waals surface area contributed by atoms with E-state index < -0.39 is 12.6 Å². The van der Waals surface area contributed by atoms with E-state index in [1.165, 1.54) is 11.1 Å². The lowest BCUT2D eigenvalue weighted by atomic mass is 10.0. The van der Waals surface area contributed by atoms with Crippen LogP contribution < -0.4 is 5.32 Å². The molecule has 0 bridgehead atoms. The number of halogens is 3. The number of hydrogen-bond acceptors (Lipinski definition) is 1. The Bertz CT molecular complexity index is 385. The van der Waals surface area contributed by atoms with Gasteiger partial charge in [-0.15, -0.1) is 0 Å². The summed E-state index contributed by atoms with van der Waals surface area (Å²) in [5, 5.41) is 3.12. The van der Waals surface area contributed by atoms with Crippen molar-refractivity contribution in [2.24, 2.45) is 0 Å². The Labute approximate surface area is 106 Å². The highest BCUT2D eigenvalue weighted by molar-refractivity contribution is 5.31. The molecule has 0 radical (unpaired) electrons. The van der Waals surface area contributed by atoms with Crippen molar-refractivity contribution in [2.75, 3.05) is 6.54 Å². The molecule has 0 spiro atoms. The lowest BCUT2D eigenvalue weighted by Gasteiger charge is -2.16.